The zero-order valence-electron chi connectivity index (χ0n) is 17.8. The fraction of sp³-hybridized carbons (Fsp3) is 0.292. The van der Waals surface area contributed by atoms with Crippen molar-refractivity contribution in [1.82, 2.24) is 14.8 Å². The number of fused-ring (bicyclic) bond motifs is 1. The molecule has 31 heavy (non-hydrogen) atoms. The summed E-state index contributed by atoms with van der Waals surface area (Å²) in [6.07, 6.45) is 2.74. The van der Waals surface area contributed by atoms with Crippen molar-refractivity contribution in [1.29, 1.82) is 0 Å². The van der Waals surface area contributed by atoms with Gasteiger partial charge in [-0.25, -0.2) is 4.68 Å². The Morgan fingerprint density at radius 3 is 2.65 bits per heavy atom. The summed E-state index contributed by atoms with van der Waals surface area (Å²) >= 11 is 0. The van der Waals surface area contributed by atoms with E-state index in [2.05, 4.69) is 34.5 Å². The number of aromatic nitrogens is 3. The van der Waals surface area contributed by atoms with Gasteiger partial charge in [0.1, 0.15) is 12.4 Å². The highest BCUT2D eigenvalue weighted by atomic mass is 16.5. The lowest BCUT2D eigenvalue weighted by molar-refractivity contribution is -0.116. The summed E-state index contributed by atoms with van der Waals surface area (Å²) in [5, 5.41) is 7.79. The highest BCUT2D eigenvalue weighted by Gasteiger charge is 2.39. The van der Waals surface area contributed by atoms with Gasteiger partial charge in [-0.15, -0.1) is 0 Å². The fourth-order valence-corrected chi connectivity index (χ4v) is 4.75. The van der Waals surface area contributed by atoms with Crippen LogP contribution in [0.2, 0.25) is 0 Å². The second kappa shape index (κ2) is 7.58. The van der Waals surface area contributed by atoms with Crippen LogP contribution >= 0.6 is 0 Å². The molecule has 2 aromatic carbocycles. The SMILES string of the molecule is COc1ccc([C@H]2C3=C(C[C@H](c4ccccc4C)CC3=O)Nc3ncnn32)cc1OC. The minimum Gasteiger partial charge on any atom is -0.493 e. The molecule has 0 fully saturated rings. The number of anilines is 1. The maximum Gasteiger partial charge on any atom is 0.226 e. The summed E-state index contributed by atoms with van der Waals surface area (Å²) in [6, 6.07) is 13.6. The minimum atomic E-state index is -0.362. The molecule has 0 saturated heterocycles. The van der Waals surface area contributed by atoms with E-state index in [4.69, 9.17) is 9.47 Å². The molecule has 0 amide bonds. The quantitative estimate of drug-likeness (QED) is 0.692. The topological polar surface area (TPSA) is 78.3 Å². The molecule has 5 rings (SSSR count). The van der Waals surface area contributed by atoms with E-state index in [1.807, 2.05) is 30.3 Å². The maximum absolute atomic E-state index is 13.5. The van der Waals surface area contributed by atoms with E-state index in [9.17, 15) is 4.79 Å². The van der Waals surface area contributed by atoms with Crippen LogP contribution in [0.4, 0.5) is 5.95 Å². The highest BCUT2D eigenvalue weighted by Crippen LogP contribution is 2.45. The average molecular weight is 416 g/mol. The summed E-state index contributed by atoms with van der Waals surface area (Å²) in [5.41, 5.74) is 5.00. The van der Waals surface area contributed by atoms with Crippen molar-refractivity contribution in [2.24, 2.45) is 0 Å². The number of Topliss-reactive ketones (excluding diaryl/α,β-unsaturated/α-hetero) is 1. The summed E-state index contributed by atoms with van der Waals surface area (Å²) in [7, 11) is 3.21. The van der Waals surface area contributed by atoms with Gasteiger partial charge >= 0.3 is 0 Å². The molecule has 1 aromatic heterocycles. The molecule has 1 N–H and O–H groups in total. The average Bonchev–Trinajstić information content (AvgIpc) is 3.25. The Labute approximate surface area is 180 Å². The molecule has 1 aliphatic carbocycles. The van der Waals surface area contributed by atoms with Crippen molar-refractivity contribution in [3.63, 3.8) is 0 Å². The van der Waals surface area contributed by atoms with E-state index in [-0.39, 0.29) is 17.7 Å². The summed E-state index contributed by atoms with van der Waals surface area (Å²) < 4.78 is 12.7. The molecule has 3 aromatic rings. The monoisotopic (exact) mass is 416 g/mol. The van der Waals surface area contributed by atoms with Gasteiger partial charge in [0.15, 0.2) is 17.3 Å². The van der Waals surface area contributed by atoms with E-state index < -0.39 is 0 Å². The fourth-order valence-electron chi connectivity index (χ4n) is 4.75. The predicted octanol–water partition coefficient (Wildman–Crippen LogP) is 4.02. The van der Waals surface area contributed by atoms with Crippen molar-refractivity contribution >= 4 is 11.7 Å². The third-order valence-electron chi connectivity index (χ3n) is 6.21. The molecule has 7 nitrogen and oxygen atoms in total. The molecule has 2 aliphatic rings. The molecule has 0 spiro atoms. The number of aryl methyl sites for hydroxylation is 1. The van der Waals surface area contributed by atoms with Crippen LogP contribution in [0, 0.1) is 6.92 Å². The van der Waals surface area contributed by atoms with Crippen LogP contribution in [0.3, 0.4) is 0 Å². The number of nitrogens with zero attached hydrogens (tertiary/aromatic N) is 3. The van der Waals surface area contributed by atoms with Crippen molar-refractivity contribution in [3.05, 3.63) is 76.8 Å². The second-order valence-corrected chi connectivity index (χ2v) is 7.95. The van der Waals surface area contributed by atoms with Gasteiger partial charge in [0.2, 0.25) is 5.95 Å². The van der Waals surface area contributed by atoms with Crippen LogP contribution in [0.5, 0.6) is 11.5 Å². The number of methoxy groups -OCH3 is 2. The van der Waals surface area contributed by atoms with Crippen molar-refractivity contribution in [2.45, 2.75) is 31.7 Å². The third kappa shape index (κ3) is 3.17. The summed E-state index contributed by atoms with van der Waals surface area (Å²) in [6.45, 7) is 2.10. The molecule has 0 unspecified atom stereocenters. The summed E-state index contributed by atoms with van der Waals surface area (Å²) in [4.78, 5) is 17.9. The van der Waals surface area contributed by atoms with Crippen LogP contribution in [0.1, 0.15) is 41.5 Å². The number of nitrogens with one attached hydrogen (secondary N) is 1. The molecule has 158 valence electrons. The Morgan fingerprint density at radius 2 is 1.87 bits per heavy atom. The maximum atomic E-state index is 13.5. The number of carbonyl (C=O) groups excluding carboxylic acids is 1. The first-order valence-corrected chi connectivity index (χ1v) is 10.3. The van der Waals surface area contributed by atoms with Crippen molar-refractivity contribution < 1.29 is 14.3 Å². The number of allylic oxidation sites excluding steroid dienone is 2. The van der Waals surface area contributed by atoms with Crippen LogP contribution in [0.25, 0.3) is 0 Å². The van der Waals surface area contributed by atoms with Crippen molar-refractivity contribution in [3.8, 4) is 11.5 Å². The van der Waals surface area contributed by atoms with Gasteiger partial charge in [-0.2, -0.15) is 10.1 Å². The molecule has 0 saturated carbocycles. The Balaban J connectivity index is 1.61. The van der Waals surface area contributed by atoms with Crippen LogP contribution in [-0.4, -0.2) is 34.8 Å². The van der Waals surface area contributed by atoms with E-state index >= 15 is 0 Å². The highest BCUT2D eigenvalue weighted by molar-refractivity contribution is 6.00. The first-order valence-electron chi connectivity index (χ1n) is 10.3. The second-order valence-electron chi connectivity index (χ2n) is 7.95. The van der Waals surface area contributed by atoms with Crippen LogP contribution in [-0.2, 0) is 4.79 Å². The Bertz CT molecular complexity index is 1200. The molecule has 7 heteroatoms. The molecular formula is C24H24N4O3. The van der Waals surface area contributed by atoms with Gasteiger partial charge in [-0.05, 0) is 48.1 Å². The molecular weight excluding hydrogens is 392 g/mol. The largest absolute Gasteiger partial charge is 0.493 e. The standard InChI is InChI=1S/C24H24N4O3/c1-14-6-4-5-7-17(14)16-10-18-22(19(29)11-16)23(28-24(27-18)25-13-26-28)15-8-9-20(30-2)21(12-15)31-3/h4-9,12-13,16,23H,10-11H2,1-3H3,(H,25,26,27)/t16-,23-/m0/s1. The van der Waals surface area contributed by atoms with Gasteiger partial charge < -0.3 is 14.8 Å². The Morgan fingerprint density at radius 1 is 1.06 bits per heavy atom. The van der Waals surface area contributed by atoms with Crippen LogP contribution < -0.4 is 14.8 Å². The number of carbonyl (C=O) groups is 1. The number of ether oxygens (including phenoxy) is 2. The number of ketones is 1. The van der Waals surface area contributed by atoms with E-state index in [1.54, 1.807) is 18.9 Å². The lowest BCUT2D eigenvalue weighted by atomic mass is 9.77. The third-order valence-corrected chi connectivity index (χ3v) is 6.21. The predicted molar refractivity (Wildman–Crippen MR) is 117 cm³/mol. The number of rotatable bonds is 4. The number of benzene rings is 2. The molecule has 2 atom stereocenters. The Kier molecular flexibility index (Phi) is 4.73. The first-order chi connectivity index (χ1) is 15.1. The van der Waals surface area contributed by atoms with Crippen LogP contribution in [0.15, 0.2) is 60.1 Å². The van der Waals surface area contributed by atoms with Gasteiger partial charge in [0.25, 0.3) is 0 Å². The first kappa shape index (κ1) is 19.4. The minimum absolute atomic E-state index is 0.128. The number of hydrogen-bond donors (Lipinski definition) is 1. The summed E-state index contributed by atoms with van der Waals surface area (Å²) in [5.74, 6) is 2.16. The van der Waals surface area contributed by atoms with Gasteiger partial charge in [0, 0.05) is 17.7 Å². The zero-order chi connectivity index (χ0) is 21.5. The lowest BCUT2D eigenvalue weighted by Gasteiger charge is -2.35. The zero-order valence-corrected chi connectivity index (χ0v) is 17.8. The lowest BCUT2D eigenvalue weighted by Crippen LogP contribution is -2.33. The van der Waals surface area contributed by atoms with E-state index in [0.717, 1.165) is 23.3 Å². The Hall–Kier alpha value is -3.61. The van der Waals surface area contributed by atoms with E-state index in [1.165, 1.54) is 17.5 Å². The number of hydrogen-bond acceptors (Lipinski definition) is 6. The molecule has 0 radical (unpaired) electrons. The normalized spacial score (nSPS) is 20.0. The molecule has 1 aliphatic heterocycles. The van der Waals surface area contributed by atoms with Crippen molar-refractivity contribution in [2.75, 3.05) is 19.5 Å². The molecule has 0 bridgehead atoms. The smallest absolute Gasteiger partial charge is 0.226 e. The van der Waals surface area contributed by atoms with E-state index in [0.29, 0.717) is 23.9 Å². The molecule has 2 heterocycles. The van der Waals surface area contributed by atoms with Gasteiger partial charge in [0.05, 0.1) is 14.2 Å². The van der Waals surface area contributed by atoms with Gasteiger partial charge in [-0.1, -0.05) is 30.3 Å². The van der Waals surface area contributed by atoms with Gasteiger partial charge in [-0.3, -0.25) is 4.79 Å².